The highest BCUT2D eigenvalue weighted by molar-refractivity contribution is 8.00. The average molecular weight is 289 g/mol. The van der Waals surface area contributed by atoms with Crippen molar-refractivity contribution < 1.29 is 14.7 Å². The van der Waals surface area contributed by atoms with E-state index in [1.165, 1.54) is 0 Å². The molecule has 18 heavy (non-hydrogen) atoms. The van der Waals surface area contributed by atoms with Gasteiger partial charge in [-0.2, -0.15) is 11.8 Å². The van der Waals surface area contributed by atoms with Gasteiger partial charge in [-0.05, 0) is 18.6 Å². The predicted octanol–water partition coefficient (Wildman–Crippen LogP) is 1.89. The van der Waals surface area contributed by atoms with Gasteiger partial charge in [0.1, 0.15) is 6.04 Å². The van der Waals surface area contributed by atoms with Crippen LogP contribution in [-0.2, 0) is 9.59 Å². The lowest BCUT2D eigenvalue weighted by Crippen LogP contribution is -2.48. The number of hydrogen-bond acceptors (Lipinski definition) is 4. The summed E-state index contributed by atoms with van der Waals surface area (Å²) in [6.45, 7) is 2.07. The van der Waals surface area contributed by atoms with Crippen molar-refractivity contribution in [1.29, 1.82) is 0 Å². The largest absolute Gasteiger partial charge is 0.480 e. The molecule has 0 aliphatic carbocycles. The third-order valence-electron chi connectivity index (χ3n) is 3.45. The predicted molar refractivity (Wildman–Crippen MR) is 74.9 cm³/mol. The summed E-state index contributed by atoms with van der Waals surface area (Å²) in [6, 6.07) is -0.621. The first-order valence-corrected chi connectivity index (χ1v) is 8.59. The Labute approximate surface area is 116 Å². The van der Waals surface area contributed by atoms with Crippen molar-refractivity contribution in [3.63, 3.8) is 0 Å². The number of amides is 1. The molecule has 0 spiro atoms. The minimum atomic E-state index is -0.861. The van der Waals surface area contributed by atoms with Crippen LogP contribution in [0.4, 0.5) is 0 Å². The molecular formula is C12H19NO3S2. The molecule has 3 atom stereocenters. The van der Waals surface area contributed by atoms with Gasteiger partial charge in [0.05, 0.1) is 5.37 Å². The van der Waals surface area contributed by atoms with Crippen molar-refractivity contribution in [3.8, 4) is 0 Å². The van der Waals surface area contributed by atoms with Crippen LogP contribution in [0.5, 0.6) is 0 Å². The molecule has 2 fully saturated rings. The number of rotatable bonds is 4. The Balaban J connectivity index is 2.11. The lowest BCUT2D eigenvalue weighted by molar-refractivity contribution is -0.150. The number of hydrogen-bond donors (Lipinski definition) is 1. The fraction of sp³-hybridized carbons (Fsp3) is 0.833. The summed E-state index contributed by atoms with van der Waals surface area (Å²) in [7, 11) is 0. The summed E-state index contributed by atoms with van der Waals surface area (Å²) in [6.07, 6.45) is 2.77. The van der Waals surface area contributed by atoms with Gasteiger partial charge in [0.25, 0.3) is 0 Å². The van der Waals surface area contributed by atoms with Crippen LogP contribution in [0.15, 0.2) is 0 Å². The van der Waals surface area contributed by atoms with Crippen molar-refractivity contribution >= 4 is 35.4 Å². The van der Waals surface area contributed by atoms with Gasteiger partial charge in [0.2, 0.25) is 5.91 Å². The second-order valence-electron chi connectivity index (χ2n) is 4.74. The van der Waals surface area contributed by atoms with Crippen molar-refractivity contribution in [3.05, 3.63) is 0 Å². The van der Waals surface area contributed by atoms with E-state index in [0.717, 1.165) is 30.8 Å². The molecule has 102 valence electrons. The molecule has 0 aromatic carbocycles. The van der Waals surface area contributed by atoms with Gasteiger partial charge in [-0.3, -0.25) is 4.79 Å². The van der Waals surface area contributed by atoms with E-state index in [4.69, 9.17) is 0 Å². The first kappa shape index (κ1) is 14.1. The molecule has 0 bridgehead atoms. The van der Waals surface area contributed by atoms with Crippen LogP contribution in [0.25, 0.3) is 0 Å². The third-order valence-corrected chi connectivity index (χ3v) is 5.96. The molecular weight excluding hydrogens is 270 g/mol. The highest BCUT2D eigenvalue weighted by Gasteiger charge is 2.43. The van der Waals surface area contributed by atoms with Crippen LogP contribution in [-0.4, -0.2) is 50.6 Å². The Morgan fingerprint density at radius 1 is 1.39 bits per heavy atom. The minimum absolute atomic E-state index is 0.0370. The van der Waals surface area contributed by atoms with Crippen LogP contribution < -0.4 is 0 Å². The van der Waals surface area contributed by atoms with Crippen LogP contribution in [0, 0.1) is 5.92 Å². The van der Waals surface area contributed by atoms with E-state index < -0.39 is 12.0 Å². The van der Waals surface area contributed by atoms with E-state index in [9.17, 15) is 14.7 Å². The van der Waals surface area contributed by atoms with Crippen molar-refractivity contribution in [2.45, 2.75) is 37.6 Å². The second kappa shape index (κ2) is 6.19. The molecule has 2 heterocycles. The maximum atomic E-state index is 12.5. The Morgan fingerprint density at radius 2 is 2.17 bits per heavy atom. The van der Waals surface area contributed by atoms with Gasteiger partial charge < -0.3 is 10.0 Å². The first-order chi connectivity index (χ1) is 8.65. The number of nitrogens with zero attached hydrogens (tertiary/aromatic N) is 1. The van der Waals surface area contributed by atoms with E-state index in [2.05, 4.69) is 6.92 Å². The van der Waals surface area contributed by atoms with Crippen LogP contribution in [0.1, 0.15) is 26.2 Å². The lowest BCUT2D eigenvalue weighted by atomic mass is 10.1. The number of carboxylic acid groups (broad SMARTS) is 1. The molecule has 3 unspecified atom stereocenters. The fourth-order valence-corrected chi connectivity index (χ4v) is 5.19. The monoisotopic (exact) mass is 289 g/mol. The summed E-state index contributed by atoms with van der Waals surface area (Å²) < 4.78 is 0. The zero-order valence-electron chi connectivity index (χ0n) is 10.5. The second-order valence-corrected chi connectivity index (χ2v) is 7.10. The number of thioether (sulfide) groups is 2. The van der Waals surface area contributed by atoms with Gasteiger partial charge in [-0.15, -0.1) is 11.8 Å². The van der Waals surface area contributed by atoms with Gasteiger partial charge in [-0.25, -0.2) is 4.79 Å². The number of aliphatic carboxylic acids is 1. The van der Waals surface area contributed by atoms with Gasteiger partial charge in [0.15, 0.2) is 0 Å². The van der Waals surface area contributed by atoms with E-state index in [1.807, 2.05) is 0 Å². The Kier molecular flexibility index (Phi) is 4.84. The Bertz CT molecular complexity index is 331. The number of carboxylic acids is 1. The molecule has 4 nitrogen and oxygen atoms in total. The van der Waals surface area contributed by atoms with Crippen molar-refractivity contribution in [2.75, 3.05) is 17.3 Å². The molecule has 2 aliphatic heterocycles. The van der Waals surface area contributed by atoms with Crippen molar-refractivity contribution in [2.24, 2.45) is 5.92 Å². The normalized spacial score (nSPS) is 31.8. The van der Waals surface area contributed by atoms with Crippen molar-refractivity contribution in [1.82, 2.24) is 4.90 Å². The van der Waals surface area contributed by atoms with E-state index in [1.54, 1.807) is 28.4 Å². The summed E-state index contributed by atoms with van der Waals surface area (Å²) in [4.78, 5) is 25.4. The molecule has 2 saturated heterocycles. The Morgan fingerprint density at radius 3 is 2.72 bits per heavy atom. The summed E-state index contributed by atoms with van der Waals surface area (Å²) >= 11 is 3.41. The molecule has 0 radical (unpaired) electrons. The molecule has 6 heteroatoms. The molecule has 0 aromatic heterocycles. The van der Waals surface area contributed by atoms with Gasteiger partial charge >= 0.3 is 5.97 Å². The first-order valence-electron chi connectivity index (χ1n) is 6.39. The molecule has 0 aromatic rings. The molecule has 1 N–H and O–H groups in total. The summed E-state index contributed by atoms with van der Waals surface area (Å²) in [5.41, 5.74) is 0. The molecule has 0 saturated carbocycles. The van der Waals surface area contributed by atoms with Gasteiger partial charge in [-0.1, -0.05) is 13.3 Å². The smallest absolute Gasteiger partial charge is 0.327 e. The molecule has 2 rings (SSSR count). The maximum Gasteiger partial charge on any atom is 0.327 e. The fourth-order valence-electron chi connectivity index (χ4n) is 2.46. The van der Waals surface area contributed by atoms with E-state index in [0.29, 0.717) is 5.75 Å². The zero-order valence-corrected chi connectivity index (χ0v) is 12.1. The average Bonchev–Trinajstić information content (AvgIpc) is 2.97. The maximum absolute atomic E-state index is 12.5. The Hall–Kier alpha value is -0.360. The quantitative estimate of drug-likeness (QED) is 0.856. The van der Waals surface area contributed by atoms with E-state index >= 15 is 0 Å². The van der Waals surface area contributed by atoms with Crippen LogP contribution in [0.3, 0.4) is 0 Å². The summed E-state index contributed by atoms with van der Waals surface area (Å²) in [5, 5.41) is 9.31. The minimum Gasteiger partial charge on any atom is -0.480 e. The molecule has 2 aliphatic rings. The lowest BCUT2D eigenvalue weighted by Gasteiger charge is -2.29. The zero-order chi connectivity index (χ0) is 13.1. The third kappa shape index (κ3) is 2.79. The topological polar surface area (TPSA) is 57.6 Å². The van der Waals surface area contributed by atoms with Crippen LogP contribution >= 0.6 is 23.5 Å². The SMILES string of the molecule is CCCC1SCC(C(=O)O)N1C(=O)C1CCSC1. The molecule has 1 amide bonds. The van der Waals surface area contributed by atoms with E-state index in [-0.39, 0.29) is 17.2 Å². The highest BCUT2D eigenvalue weighted by Crippen LogP contribution is 2.36. The van der Waals surface area contributed by atoms with Crippen LogP contribution in [0.2, 0.25) is 0 Å². The summed E-state index contributed by atoms with van der Waals surface area (Å²) in [5.74, 6) is 1.65. The standard InChI is InChI=1S/C12H19NO3S2/c1-2-3-10-13(9(7-18-10)12(15)16)11(14)8-4-5-17-6-8/h8-10H,2-7H2,1H3,(H,15,16). The highest BCUT2D eigenvalue weighted by atomic mass is 32.2. The van der Waals surface area contributed by atoms with Gasteiger partial charge in [0, 0.05) is 17.4 Å². The number of carbonyl (C=O) groups excluding carboxylic acids is 1. The number of carbonyl (C=O) groups is 2.